The number of aryl methyl sites for hydroxylation is 1. The van der Waals surface area contributed by atoms with E-state index in [0.717, 1.165) is 11.9 Å². The molecule has 0 aliphatic carbocycles. The Kier molecular flexibility index (Phi) is 5.55. The number of benzene rings is 2. The van der Waals surface area contributed by atoms with Crippen LogP contribution in [-0.2, 0) is 11.3 Å². The van der Waals surface area contributed by atoms with Crippen molar-refractivity contribution in [1.29, 1.82) is 0 Å². The smallest absolute Gasteiger partial charge is 0.262 e. The SMILES string of the molecule is CCCn1c(=O)c2ccccc2n2c(SCC(=O)Nc3ccccc3Cl)nnc12. The minimum absolute atomic E-state index is 0.0876. The van der Waals surface area contributed by atoms with Gasteiger partial charge in [-0.15, -0.1) is 10.2 Å². The van der Waals surface area contributed by atoms with Crippen molar-refractivity contribution in [3.8, 4) is 0 Å². The van der Waals surface area contributed by atoms with Gasteiger partial charge in [0.15, 0.2) is 5.16 Å². The second-order valence-corrected chi connectivity index (χ2v) is 7.76. The van der Waals surface area contributed by atoms with Gasteiger partial charge >= 0.3 is 0 Å². The molecular weight excluding hydrogens is 410 g/mol. The van der Waals surface area contributed by atoms with Crippen molar-refractivity contribution in [2.45, 2.75) is 25.0 Å². The summed E-state index contributed by atoms with van der Waals surface area (Å²) in [6.45, 7) is 2.55. The number of halogens is 1. The fraction of sp³-hybridized carbons (Fsp3) is 0.200. The molecule has 148 valence electrons. The average molecular weight is 428 g/mol. The lowest BCUT2D eigenvalue weighted by molar-refractivity contribution is -0.113. The monoisotopic (exact) mass is 427 g/mol. The number of nitrogens with zero attached hydrogens (tertiary/aromatic N) is 4. The van der Waals surface area contributed by atoms with E-state index >= 15 is 0 Å². The van der Waals surface area contributed by atoms with Gasteiger partial charge in [-0.1, -0.05) is 54.6 Å². The molecule has 2 heterocycles. The van der Waals surface area contributed by atoms with Gasteiger partial charge < -0.3 is 5.32 Å². The Morgan fingerprint density at radius 2 is 1.90 bits per heavy atom. The van der Waals surface area contributed by atoms with Crippen molar-refractivity contribution in [2.75, 3.05) is 11.1 Å². The Balaban J connectivity index is 1.67. The molecule has 0 atom stereocenters. The van der Waals surface area contributed by atoms with E-state index in [9.17, 15) is 9.59 Å². The zero-order chi connectivity index (χ0) is 20.4. The van der Waals surface area contributed by atoms with Crippen LogP contribution in [0.3, 0.4) is 0 Å². The third kappa shape index (κ3) is 3.73. The molecular formula is C20H18ClN5O2S. The highest BCUT2D eigenvalue weighted by atomic mass is 35.5. The quantitative estimate of drug-likeness (QED) is 0.473. The van der Waals surface area contributed by atoms with Crippen LogP contribution in [0.25, 0.3) is 16.7 Å². The van der Waals surface area contributed by atoms with Crippen LogP contribution >= 0.6 is 23.4 Å². The molecule has 0 unspecified atom stereocenters. The van der Waals surface area contributed by atoms with Crippen LogP contribution in [0.2, 0.25) is 5.02 Å². The van der Waals surface area contributed by atoms with Crippen molar-refractivity contribution in [3.05, 3.63) is 63.9 Å². The molecule has 0 radical (unpaired) electrons. The van der Waals surface area contributed by atoms with Gasteiger partial charge in [0.05, 0.1) is 27.4 Å². The third-order valence-corrected chi connectivity index (χ3v) is 5.66. The fourth-order valence-electron chi connectivity index (χ4n) is 3.13. The van der Waals surface area contributed by atoms with Gasteiger partial charge in [0.2, 0.25) is 11.7 Å². The van der Waals surface area contributed by atoms with Crippen LogP contribution in [0.5, 0.6) is 0 Å². The van der Waals surface area contributed by atoms with Crippen molar-refractivity contribution in [1.82, 2.24) is 19.2 Å². The van der Waals surface area contributed by atoms with Gasteiger partial charge in [0.1, 0.15) is 0 Å². The van der Waals surface area contributed by atoms with Gasteiger partial charge in [0, 0.05) is 6.54 Å². The molecule has 0 spiro atoms. The number of nitrogens with one attached hydrogen (secondary N) is 1. The first-order valence-corrected chi connectivity index (χ1v) is 10.5. The van der Waals surface area contributed by atoms with Crippen molar-refractivity contribution < 1.29 is 4.79 Å². The number of fused-ring (bicyclic) bond motifs is 3. The van der Waals surface area contributed by atoms with E-state index < -0.39 is 0 Å². The second kappa shape index (κ2) is 8.26. The molecule has 4 aromatic rings. The van der Waals surface area contributed by atoms with E-state index in [1.54, 1.807) is 34.9 Å². The lowest BCUT2D eigenvalue weighted by atomic mass is 10.2. The number of rotatable bonds is 6. The first kappa shape index (κ1) is 19.5. The van der Waals surface area contributed by atoms with Crippen LogP contribution in [0, 0.1) is 0 Å². The molecule has 4 rings (SSSR count). The normalized spacial score (nSPS) is 11.2. The summed E-state index contributed by atoms with van der Waals surface area (Å²) < 4.78 is 3.46. The molecule has 9 heteroatoms. The minimum Gasteiger partial charge on any atom is -0.324 e. The number of anilines is 1. The predicted octanol–water partition coefficient (Wildman–Crippen LogP) is 3.84. The summed E-state index contributed by atoms with van der Waals surface area (Å²) in [5.41, 5.74) is 1.20. The molecule has 0 saturated carbocycles. The van der Waals surface area contributed by atoms with Gasteiger partial charge in [-0.25, -0.2) is 0 Å². The molecule has 2 aromatic carbocycles. The number of aromatic nitrogens is 4. The highest BCUT2D eigenvalue weighted by Gasteiger charge is 2.17. The maximum Gasteiger partial charge on any atom is 0.262 e. The predicted molar refractivity (Wildman–Crippen MR) is 116 cm³/mol. The second-order valence-electron chi connectivity index (χ2n) is 6.41. The molecule has 0 saturated heterocycles. The molecule has 0 fully saturated rings. The zero-order valence-corrected chi connectivity index (χ0v) is 17.2. The first-order chi connectivity index (χ1) is 14.1. The van der Waals surface area contributed by atoms with E-state index in [-0.39, 0.29) is 17.2 Å². The first-order valence-electron chi connectivity index (χ1n) is 9.14. The van der Waals surface area contributed by atoms with E-state index in [1.807, 2.05) is 29.5 Å². The van der Waals surface area contributed by atoms with Crippen molar-refractivity contribution >= 4 is 51.6 Å². The summed E-state index contributed by atoms with van der Waals surface area (Å²) >= 11 is 7.35. The molecule has 1 N–H and O–H groups in total. The Hall–Kier alpha value is -2.84. The number of hydrogen-bond donors (Lipinski definition) is 1. The topological polar surface area (TPSA) is 81.3 Å². The number of thioether (sulfide) groups is 1. The Morgan fingerprint density at radius 1 is 1.14 bits per heavy atom. The average Bonchev–Trinajstić information content (AvgIpc) is 3.15. The van der Waals surface area contributed by atoms with Gasteiger partial charge in [-0.3, -0.25) is 18.6 Å². The summed E-state index contributed by atoms with van der Waals surface area (Å²) in [5, 5.41) is 12.9. The number of amides is 1. The zero-order valence-electron chi connectivity index (χ0n) is 15.6. The largest absolute Gasteiger partial charge is 0.324 e. The van der Waals surface area contributed by atoms with Gasteiger partial charge in [0.25, 0.3) is 5.56 Å². The Labute approximate surface area is 175 Å². The maximum absolute atomic E-state index is 12.8. The van der Waals surface area contributed by atoms with Crippen LogP contribution in [0.15, 0.2) is 58.5 Å². The van der Waals surface area contributed by atoms with E-state index in [4.69, 9.17) is 11.6 Å². The summed E-state index contributed by atoms with van der Waals surface area (Å²) in [7, 11) is 0. The van der Waals surface area contributed by atoms with Gasteiger partial charge in [-0.05, 0) is 30.7 Å². The molecule has 0 aliphatic rings. The van der Waals surface area contributed by atoms with Crippen LogP contribution in [0.1, 0.15) is 13.3 Å². The molecule has 29 heavy (non-hydrogen) atoms. The molecule has 7 nitrogen and oxygen atoms in total. The standard InChI is InChI=1S/C20H18ClN5O2S/c1-2-11-25-18(28)13-7-3-6-10-16(13)26-19(25)23-24-20(26)29-12-17(27)22-15-9-5-4-8-14(15)21/h3-10H,2,11-12H2,1H3,(H,22,27). The lowest BCUT2D eigenvalue weighted by Gasteiger charge is -2.10. The number of para-hydroxylation sites is 2. The minimum atomic E-state index is -0.203. The van der Waals surface area contributed by atoms with E-state index in [2.05, 4.69) is 15.5 Å². The van der Waals surface area contributed by atoms with E-state index in [1.165, 1.54) is 11.8 Å². The summed E-state index contributed by atoms with van der Waals surface area (Å²) in [6, 6.07) is 14.4. The maximum atomic E-state index is 12.8. The van der Waals surface area contributed by atoms with Crippen LogP contribution in [0.4, 0.5) is 5.69 Å². The Morgan fingerprint density at radius 3 is 2.69 bits per heavy atom. The number of hydrogen-bond acceptors (Lipinski definition) is 5. The molecule has 0 aliphatic heterocycles. The van der Waals surface area contributed by atoms with Crippen LogP contribution in [-0.4, -0.2) is 30.8 Å². The molecule has 1 amide bonds. The fourth-order valence-corrected chi connectivity index (χ4v) is 4.05. The number of carbonyl (C=O) groups is 1. The summed E-state index contributed by atoms with van der Waals surface area (Å²) in [4.78, 5) is 25.2. The summed E-state index contributed by atoms with van der Waals surface area (Å²) in [6.07, 6.45) is 0.795. The molecule has 2 aromatic heterocycles. The molecule has 0 bridgehead atoms. The van der Waals surface area contributed by atoms with Crippen molar-refractivity contribution in [2.24, 2.45) is 0 Å². The van der Waals surface area contributed by atoms with E-state index in [0.29, 0.717) is 33.6 Å². The lowest BCUT2D eigenvalue weighted by Crippen LogP contribution is -2.23. The third-order valence-electron chi connectivity index (χ3n) is 4.41. The van der Waals surface area contributed by atoms with Crippen LogP contribution < -0.4 is 10.9 Å². The highest BCUT2D eigenvalue weighted by molar-refractivity contribution is 7.99. The Bertz CT molecular complexity index is 1270. The number of carbonyl (C=O) groups excluding carboxylic acids is 1. The highest BCUT2D eigenvalue weighted by Crippen LogP contribution is 2.23. The van der Waals surface area contributed by atoms with Gasteiger partial charge in [-0.2, -0.15) is 0 Å². The summed E-state index contributed by atoms with van der Waals surface area (Å²) in [5.74, 6) is 0.406. The van der Waals surface area contributed by atoms with Crippen molar-refractivity contribution in [3.63, 3.8) is 0 Å².